The number of hydrogen-bond donors (Lipinski definition) is 1. The third kappa shape index (κ3) is 3.43. The van der Waals surface area contributed by atoms with Gasteiger partial charge in [-0.15, -0.1) is 11.3 Å². The van der Waals surface area contributed by atoms with E-state index in [0.717, 1.165) is 31.5 Å². The summed E-state index contributed by atoms with van der Waals surface area (Å²) in [6.45, 7) is 4.77. The average molecular weight is 407 g/mol. The second-order valence-electron chi connectivity index (χ2n) is 7.61. The van der Waals surface area contributed by atoms with Gasteiger partial charge in [-0.2, -0.15) is 11.8 Å². The monoisotopic (exact) mass is 406 g/mol. The molecule has 0 aromatic carbocycles. The van der Waals surface area contributed by atoms with E-state index in [1.54, 1.807) is 7.05 Å². The lowest BCUT2D eigenvalue weighted by atomic mass is 9.94. The van der Waals surface area contributed by atoms with E-state index in [0.29, 0.717) is 21.6 Å². The minimum absolute atomic E-state index is 0.0739. The van der Waals surface area contributed by atoms with Gasteiger partial charge in [0.05, 0.1) is 16.6 Å². The van der Waals surface area contributed by atoms with Gasteiger partial charge in [-0.3, -0.25) is 14.5 Å². The predicted octanol–water partition coefficient (Wildman–Crippen LogP) is 2.39. The van der Waals surface area contributed by atoms with Gasteiger partial charge in [-0.05, 0) is 25.3 Å². The van der Waals surface area contributed by atoms with Crippen LogP contribution >= 0.6 is 23.1 Å². The fraction of sp³-hybridized carbons (Fsp3) is 0.632. The summed E-state index contributed by atoms with van der Waals surface area (Å²) in [5.41, 5.74) is 0.761. The molecule has 2 aliphatic rings. The maximum absolute atomic E-state index is 13.0. The minimum Gasteiger partial charge on any atom is -0.349 e. The molecule has 3 heterocycles. The normalized spacial score (nSPS) is 20.2. The Kier molecular flexibility index (Phi) is 5.31. The Morgan fingerprint density at radius 1 is 1.30 bits per heavy atom. The van der Waals surface area contributed by atoms with Crippen molar-refractivity contribution >= 4 is 39.2 Å². The Labute approximate surface area is 167 Å². The molecule has 1 amide bonds. The van der Waals surface area contributed by atoms with Gasteiger partial charge in [0.2, 0.25) is 0 Å². The zero-order chi connectivity index (χ0) is 19.0. The molecule has 2 aromatic rings. The molecule has 8 heteroatoms. The summed E-state index contributed by atoms with van der Waals surface area (Å²) in [5, 5.41) is 3.77. The van der Waals surface area contributed by atoms with Crippen molar-refractivity contribution in [2.45, 2.75) is 38.1 Å². The zero-order valence-corrected chi connectivity index (χ0v) is 17.5. The third-order valence-electron chi connectivity index (χ3n) is 6.01. The highest BCUT2D eigenvalue weighted by molar-refractivity contribution is 7.99. The summed E-state index contributed by atoms with van der Waals surface area (Å²) in [5.74, 6) is 2.29. The maximum Gasteiger partial charge on any atom is 0.262 e. The summed E-state index contributed by atoms with van der Waals surface area (Å²) in [6.07, 6.45) is 6.31. The molecule has 1 aliphatic carbocycles. The van der Waals surface area contributed by atoms with Gasteiger partial charge in [0, 0.05) is 43.7 Å². The van der Waals surface area contributed by atoms with Crippen LogP contribution in [0.1, 0.15) is 40.9 Å². The van der Waals surface area contributed by atoms with Gasteiger partial charge in [0.25, 0.3) is 11.5 Å². The second-order valence-corrected chi connectivity index (χ2v) is 9.83. The number of fused-ring (bicyclic) bond motifs is 1. The largest absolute Gasteiger partial charge is 0.349 e. The first kappa shape index (κ1) is 19.0. The first-order valence-corrected chi connectivity index (χ1v) is 11.5. The number of aromatic nitrogens is 2. The van der Waals surface area contributed by atoms with Gasteiger partial charge in [-0.1, -0.05) is 12.8 Å². The van der Waals surface area contributed by atoms with Crippen LogP contribution in [-0.2, 0) is 7.05 Å². The van der Waals surface area contributed by atoms with Gasteiger partial charge in [0.15, 0.2) is 0 Å². The highest BCUT2D eigenvalue weighted by Crippen LogP contribution is 2.36. The number of rotatable bonds is 4. The molecule has 1 aliphatic heterocycles. The lowest BCUT2D eigenvalue weighted by molar-refractivity contribution is 0.0820. The molecule has 27 heavy (non-hydrogen) atoms. The molecule has 2 fully saturated rings. The Morgan fingerprint density at radius 2 is 2.00 bits per heavy atom. The summed E-state index contributed by atoms with van der Waals surface area (Å²) >= 11 is 3.34. The van der Waals surface area contributed by atoms with E-state index in [1.807, 2.05) is 18.7 Å². The molecule has 0 atom stereocenters. The number of thiophene rings is 1. The number of amides is 1. The quantitative estimate of drug-likeness (QED) is 0.845. The van der Waals surface area contributed by atoms with E-state index in [-0.39, 0.29) is 17.0 Å². The molecule has 2 aromatic heterocycles. The van der Waals surface area contributed by atoms with Gasteiger partial charge < -0.3 is 9.88 Å². The summed E-state index contributed by atoms with van der Waals surface area (Å²) in [6, 6.07) is 0. The second kappa shape index (κ2) is 7.56. The molecule has 146 valence electrons. The van der Waals surface area contributed by atoms with Crippen LogP contribution in [0.3, 0.4) is 0 Å². The first-order chi connectivity index (χ1) is 13.0. The van der Waals surface area contributed by atoms with Crippen molar-refractivity contribution < 1.29 is 4.79 Å². The number of nitrogens with zero attached hydrogens (tertiary/aromatic N) is 3. The number of aryl methyl sites for hydroxylation is 2. The average Bonchev–Trinajstić information content (AvgIpc) is 3.30. The molecular formula is C19H26N4O2S2. The Bertz CT molecular complexity index is 908. The molecule has 1 saturated carbocycles. The van der Waals surface area contributed by atoms with Crippen molar-refractivity contribution in [1.29, 1.82) is 0 Å². The highest BCUT2D eigenvalue weighted by Gasteiger charge is 2.40. The van der Waals surface area contributed by atoms with Crippen LogP contribution in [0.15, 0.2) is 11.1 Å². The van der Waals surface area contributed by atoms with Crippen LogP contribution in [0.2, 0.25) is 0 Å². The standard InChI is InChI=1S/C19H26N4O2S2/c1-13-14-17(21-12-22(2)18(14)25)27-15(13)16(24)20-11-19(5-3-4-6-19)23-7-9-26-10-8-23/h12H,3-11H2,1-2H3,(H,20,24). The van der Waals surface area contributed by atoms with Crippen LogP contribution in [-0.4, -0.2) is 57.0 Å². The molecule has 4 rings (SSSR count). The number of carbonyl (C=O) groups excluding carboxylic acids is 1. The number of carbonyl (C=O) groups is 1. The van der Waals surface area contributed by atoms with Crippen molar-refractivity contribution in [2.24, 2.45) is 7.05 Å². The van der Waals surface area contributed by atoms with E-state index in [2.05, 4.69) is 15.2 Å². The Morgan fingerprint density at radius 3 is 2.70 bits per heavy atom. The lowest BCUT2D eigenvalue weighted by Gasteiger charge is -2.43. The van der Waals surface area contributed by atoms with Crippen molar-refractivity contribution in [1.82, 2.24) is 19.8 Å². The molecule has 0 spiro atoms. The predicted molar refractivity (Wildman–Crippen MR) is 112 cm³/mol. The topological polar surface area (TPSA) is 67.2 Å². The SMILES string of the molecule is Cc1c(C(=O)NCC2(N3CCSCC3)CCCC2)sc2ncn(C)c(=O)c12. The van der Waals surface area contributed by atoms with Gasteiger partial charge in [0.1, 0.15) is 4.83 Å². The van der Waals surface area contributed by atoms with E-state index >= 15 is 0 Å². The van der Waals surface area contributed by atoms with Crippen molar-refractivity contribution in [3.63, 3.8) is 0 Å². The number of thioether (sulfide) groups is 1. The molecule has 1 N–H and O–H groups in total. The van der Waals surface area contributed by atoms with Crippen molar-refractivity contribution in [2.75, 3.05) is 31.1 Å². The fourth-order valence-electron chi connectivity index (χ4n) is 4.43. The van der Waals surface area contributed by atoms with Crippen LogP contribution in [0.5, 0.6) is 0 Å². The molecule has 6 nitrogen and oxygen atoms in total. The van der Waals surface area contributed by atoms with E-state index in [9.17, 15) is 9.59 Å². The minimum atomic E-state index is -0.0918. The Balaban J connectivity index is 1.55. The molecule has 0 radical (unpaired) electrons. The summed E-state index contributed by atoms with van der Waals surface area (Å²) in [4.78, 5) is 33.5. The van der Waals surface area contributed by atoms with Crippen LogP contribution in [0.4, 0.5) is 0 Å². The lowest BCUT2D eigenvalue weighted by Crippen LogP contribution is -2.56. The molecule has 0 bridgehead atoms. The summed E-state index contributed by atoms with van der Waals surface area (Å²) in [7, 11) is 1.69. The number of nitrogens with one attached hydrogen (secondary N) is 1. The third-order valence-corrected chi connectivity index (χ3v) is 8.15. The van der Waals surface area contributed by atoms with E-state index in [4.69, 9.17) is 0 Å². The summed E-state index contributed by atoms with van der Waals surface area (Å²) < 4.78 is 1.46. The van der Waals surface area contributed by atoms with E-state index < -0.39 is 0 Å². The molecule has 0 unspecified atom stereocenters. The van der Waals surface area contributed by atoms with Gasteiger partial charge in [-0.25, -0.2) is 4.98 Å². The maximum atomic E-state index is 13.0. The smallest absolute Gasteiger partial charge is 0.262 e. The fourth-order valence-corrected chi connectivity index (χ4v) is 6.38. The molecule has 1 saturated heterocycles. The molecular weight excluding hydrogens is 380 g/mol. The Hall–Kier alpha value is -1.38. The first-order valence-electron chi connectivity index (χ1n) is 9.57. The van der Waals surface area contributed by atoms with Crippen LogP contribution in [0.25, 0.3) is 10.2 Å². The van der Waals surface area contributed by atoms with Crippen LogP contribution < -0.4 is 10.9 Å². The number of hydrogen-bond acceptors (Lipinski definition) is 6. The van der Waals surface area contributed by atoms with Crippen molar-refractivity contribution in [3.05, 3.63) is 27.1 Å². The van der Waals surface area contributed by atoms with Crippen LogP contribution in [0, 0.1) is 6.92 Å². The van der Waals surface area contributed by atoms with Gasteiger partial charge >= 0.3 is 0 Å². The van der Waals surface area contributed by atoms with Crippen molar-refractivity contribution in [3.8, 4) is 0 Å². The van der Waals surface area contributed by atoms with E-state index in [1.165, 1.54) is 46.6 Å². The zero-order valence-electron chi connectivity index (χ0n) is 15.9. The highest BCUT2D eigenvalue weighted by atomic mass is 32.2.